The molecule has 5 heterocycles. The number of hydrogen-bond acceptors (Lipinski definition) is 6. The number of H-pyrrole nitrogens is 1. The Hall–Kier alpha value is -2.61. The highest BCUT2D eigenvalue weighted by Crippen LogP contribution is 2.37. The van der Waals surface area contributed by atoms with Gasteiger partial charge in [-0.1, -0.05) is 13.3 Å². The van der Waals surface area contributed by atoms with E-state index >= 15 is 0 Å². The Morgan fingerprint density at radius 2 is 2.27 bits per heavy atom. The van der Waals surface area contributed by atoms with Gasteiger partial charge in [0.25, 0.3) is 0 Å². The molecule has 0 bridgehead atoms. The summed E-state index contributed by atoms with van der Waals surface area (Å²) in [5.74, 6) is 2.73. The smallest absolute Gasteiger partial charge is 0.185 e. The van der Waals surface area contributed by atoms with Crippen LogP contribution in [0.2, 0.25) is 0 Å². The molecule has 0 amide bonds. The molecule has 0 saturated carbocycles. The van der Waals surface area contributed by atoms with Crippen molar-refractivity contribution in [2.75, 3.05) is 26.3 Å². The molecule has 8 nitrogen and oxygen atoms in total. The van der Waals surface area contributed by atoms with Crippen LogP contribution in [0.25, 0.3) is 16.8 Å². The van der Waals surface area contributed by atoms with Crippen LogP contribution in [0.4, 0.5) is 0 Å². The largest absolute Gasteiger partial charge is 0.479 e. The molecule has 3 aromatic rings. The fourth-order valence-electron chi connectivity index (χ4n) is 4.19. The molecule has 1 saturated heterocycles. The third kappa shape index (κ3) is 2.28. The van der Waals surface area contributed by atoms with E-state index in [4.69, 9.17) is 4.74 Å². The standard InChI is InChI=1S/C18H22N6O2/c1-2-12-7-23(16-5-11(9-25)10-26-16)8-13(12)18-22-21-15-6-20-17-14(24(15)18)3-4-19-17/h3-6,11-13,19,25H,2,7-10H2,1H3/t11?,12-,13+/m1/s1. The van der Waals surface area contributed by atoms with Gasteiger partial charge in [0.05, 0.1) is 24.9 Å². The molecule has 5 rings (SSSR count). The van der Waals surface area contributed by atoms with Gasteiger partial charge in [-0.25, -0.2) is 4.98 Å². The molecule has 0 aromatic carbocycles. The summed E-state index contributed by atoms with van der Waals surface area (Å²) in [7, 11) is 0. The topological polar surface area (TPSA) is 91.6 Å². The van der Waals surface area contributed by atoms with Gasteiger partial charge < -0.3 is 19.7 Å². The molecule has 2 N–H and O–H groups in total. The highest BCUT2D eigenvalue weighted by molar-refractivity contribution is 5.74. The zero-order chi connectivity index (χ0) is 17.7. The Morgan fingerprint density at radius 3 is 3.08 bits per heavy atom. The van der Waals surface area contributed by atoms with E-state index in [-0.39, 0.29) is 18.4 Å². The van der Waals surface area contributed by atoms with Crippen LogP contribution in [0, 0.1) is 11.8 Å². The molecule has 3 aromatic heterocycles. The number of likely N-dealkylation sites (tertiary alicyclic amines) is 1. The molecule has 0 radical (unpaired) electrons. The minimum Gasteiger partial charge on any atom is -0.479 e. The van der Waals surface area contributed by atoms with Crippen molar-refractivity contribution < 1.29 is 9.84 Å². The molecule has 0 spiro atoms. The first-order valence-electron chi connectivity index (χ1n) is 9.16. The third-order valence-electron chi connectivity index (χ3n) is 5.63. The molecule has 3 atom stereocenters. The maximum atomic E-state index is 9.35. The zero-order valence-corrected chi connectivity index (χ0v) is 14.7. The van der Waals surface area contributed by atoms with Crippen molar-refractivity contribution in [3.63, 3.8) is 0 Å². The second-order valence-corrected chi connectivity index (χ2v) is 7.16. The lowest BCUT2D eigenvalue weighted by Crippen LogP contribution is -2.20. The molecule has 26 heavy (non-hydrogen) atoms. The zero-order valence-electron chi connectivity index (χ0n) is 14.7. The number of nitrogens with zero attached hydrogens (tertiary/aromatic N) is 5. The number of aromatic nitrogens is 5. The number of aromatic amines is 1. The second kappa shape index (κ2) is 5.98. The highest BCUT2D eigenvalue weighted by Gasteiger charge is 2.38. The number of fused-ring (bicyclic) bond motifs is 3. The molecule has 2 aliphatic heterocycles. The van der Waals surface area contributed by atoms with Crippen molar-refractivity contribution in [1.29, 1.82) is 0 Å². The van der Waals surface area contributed by atoms with Crippen LogP contribution in [-0.2, 0) is 4.74 Å². The average molecular weight is 354 g/mol. The summed E-state index contributed by atoms with van der Waals surface area (Å²) in [6.45, 7) is 4.69. The van der Waals surface area contributed by atoms with E-state index < -0.39 is 0 Å². The number of hydrogen-bond donors (Lipinski definition) is 2. The summed E-state index contributed by atoms with van der Waals surface area (Å²) in [5, 5.41) is 18.2. The van der Waals surface area contributed by atoms with Gasteiger partial charge in [0.15, 0.2) is 17.2 Å². The van der Waals surface area contributed by atoms with Gasteiger partial charge in [-0.3, -0.25) is 4.40 Å². The normalized spacial score (nSPS) is 26.0. The van der Waals surface area contributed by atoms with E-state index in [9.17, 15) is 5.11 Å². The van der Waals surface area contributed by atoms with Crippen molar-refractivity contribution in [2.24, 2.45) is 11.8 Å². The van der Waals surface area contributed by atoms with Gasteiger partial charge in [0.2, 0.25) is 0 Å². The summed E-state index contributed by atoms with van der Waals surface area (Å²) >= 11 is 0. The average Bonchev–Trinajstić information content (AvgIpc) is 3.44. The van der Waals surface area contributed by atoms with Crippen LogP contribution in [0.1, 0.15) is 25.1 Å². The number of aliphatic hydroxyl groups excluding tert-OH is 1. The summed E-state index contributed by atoms with van der Waals surface area (Å²) in [5.41, 5.74) is 2.62. The SMILES string of the molecule is CC[C@@H]1CN(C2=CC(CO)CO2)C[C@@H]1c1nnc2cnc3[nH]ccc3n12. The van der Waals surface area contributed by atoms with Crippen LogP contribution in [-0.4, -0.2) is 60.9 Å². The lowest BCUT2D eigenvalue weighted by molar-refractivity contribution is 0.122. The fourth-order valence-corrected chi connectivity index (χ4v) is 4.19. The van der Waals surface area contributed by atoms with Gasteiger partial charge in [0.1, 0.15) is 5.82 Å². The van der Waals surface area contributed by atoms with Gasteiger partial charge in [-0.15, -0.1) is 10.2 Å². The van der Waals surface area contributed by atoms with Gasteiger partial charge in [0, 0.05) is 31.1 Å². The molecule has 1 unspecified atom stereocenters. The second-order valence-electron chi connectivity index (χ2n) is 7.16. The first kappa shape index (κ1) is 15.6. The van der Waals surface area contributed by atoms with Crippen molar-refractivity contribution in [2.45, 2.75) is 19.3 Å². The number of ether oxygens (including phenoxy) is 1. The van der Waals surface area contributed by atoms with Crippen LogP contribution in [0.5, 0.6) is 0 Å². The van der Waals surface area contributed by atoms with Crippen molar-refractivity contribution in [3.05, 3.63) is 36.2 Å². The Bertz CT molecular complexity index is 977. The minimum atomic E-state index is 0.101. The molecule has 2 aliphatic rings. The Balaban J connectivity index is 1.53. The predicted octanol–water partition coefficient (Wildman–Crippen LogP) is 1.51. The van der Waals surface area contributed by atoms with Crippen molar-refractivity contribution in [3.8, 4) is 0 Å². The molecular weight excluding hydrogens is 332 g/mol. The summed E-state index contributed by atoms with van der Waals surface area (Å²) < 4.78 is 7.93. The van der Waals surface area contributed by atoms with E-state index in [1.165, 1.54) is 0 Å². The van der Waals surface area contributed by atoms with E-state index in [0.29, 0.717) is 12.5 Å². The first-order valence-corrected chi connectivity index (χ1v) is 9.16. The summed E-state index contributed by atoms with van der Waals surface area (Å²) in [4.78, 5) is 9.84. The number of rotatable bonds is 4. The van der Waals surface area contributed by atoms with Crippen LogP contribution >= 0.6 is 0 Å². The summed E-state index contributed by atoms with van der Waals surface area (Å²) in [6, 6.07) is 2.02. The van der Waals surface area contributed by atoms with E-state index in [2.05, 4.69) is 36.4 Å². The monoisotopic (exact) mass is 354 g/mol. The lowest BCUT2D eigenvalue weighted by atomic mass is 9.93. The molecule has 8 heteroatoms. The summed E-state index contributed by atoms with van der Waals surface area (Å²) in [6.07, 6.45) is 6.77. The first-order chi connectivity index (χ1) is 12.8. The molecule has 0 aliphatic carbocycles. The highest BCUT2D eigenvalue weighted by atomic mass is 16.5. The van der Waals surface area contributed by atoms with Gasteiger partial charge in [-0.05, 0) is 18.1 Å². The Labute approximate surface area is 150 Å². The van der Waals surface area contributed by atoms with Crippen LogP contribution < -0.4 is 0 Å². The van der Waals surface area contributed by atoms with Crippen molar-refractivity contribution in [1.82, 2.24) is 29.5 Å². The predicted molar refractivity (Wildman–Crippen MR) is 95.3 cm³/mol. The number of aliphatic hydroxyl groups is 1. The molecular formula is C18H22N6O2. The van der Waals surface area contributed by atoms with Gasteiger partial charge >= 0.3 is 0 Å². The lowest BCUT2D eigenvalue weighted by Gasteiger charge is -2.18. The minimum absolute atomic E-state index is 0.101. The molecule has 1 fully saturated rings. The maximum Gasteiger partial charge on any atom is 0.185 e. The quantitative estimate of drug-likeness (QED) is 0.738. The number of nitrogens with one attached hydrogen (secondary N) is 1. The molecule has 136 valence electrons. The van der Waals surface area contributed by atoms with Crippen LogP contribution in [0.15, 0.2) is 30.4 Å². The van der Waals surface area contributed by atoms with E-state index in [1.807, 2.05) is 18.3 Å². The van der Waals surface area contributed by atoms with E-state index in [1.54, 1.807) is 6.20 Å². The third-order valence-corrected chi connectivity index (χ3v) is 5.63. The maximum absolute atomic E-state index is 9.35. The van der Waals surface area contributed by atoms with Gasteiger partial charge in [-0.2, -0.15) is 0 Å². The Morgan fingerprint density at radius 1 is 1.35 bits per heavy atom. The van der Waals surface area contributed by atoms with Crippen molar-refractivity contribution >= 4 is 16.8 Å². The Kier molecular flexibility index (Phi) is 3.59. The van der Waals surface area contributed by atoms with Crippen LogP contribution in [0.3, 0.4) is 0 Å². The van der Waals surface area contributed by atoms with E-state index in [0.717, 1.165) is 48.0 Å². The fraction of sp³-hybridized carbons (Fsp3) is 0.500.